The fourth-order valence-corrected chi connectivity index (χ4v) is 2.18. The van der Waals surface area contributed by atoms with Crippen LogP contribution in [-0.2, 0) is 6.54 Å². The van der Waals surface area contributed by atoms with Gasteiger partial charge in [0.05, 0.1) is 4.47 Å². The van der Waals surface area contributed by atoms with Gasteiger partial charge in [0, 0.05) is 24.5 Å². The second-order valence-electron chi connectivity index (χ2n) is 3.87. The lowest BCUT2D eigenvalue weighted by Crippen LogP contribution is -2.12. The molecule has 1 heterocycles. The van der Waals surface area contributed by atoms with Crippen molar-refractivity contribution in [2.45, 2.75) is 19.9 Å². The van der Waals surface area contributed by atoms with Crippen LogP contribution in [0.3, 0.4) is 0 Å². The van der Waals surface area contributed by atoms with Crippen LogP contribution in [0.2, 0.25) is 0 Å². The summed E-state index contributed by atoms with van der Waals surface area (Å²) < 4.78 is 15.4. The van der Waals surface area contributed by atoms with Gasteiger partial charge in [0.25, 0.3) is 0 Å². The van der Waals surface area contributed by atoms with Crippen molar-refractivity contribution in [3.8, 4) is 0 Å². The lowest BCUT2D eigenvalue weighted by atomic mass is 10.1. The first kappa shape index (κ1) is 13.0. The molecule has 0 aliphatic rings. The molecule has 0 unspecified atom stereocenters. The van der Waals surface area contributed by atoms with E-state index in [0.717, 1.165) is 6.42 Å². The maximum atomic E-state index is 13.4. The third-order valence-corrected chi connectivity index (χ3v) is 3.39. The van der Waals surface area contributed by atoms with Crippen molar-refractivity contribution in [1.82, 2.24) is 9.55 Å². The Morgan fingerprint density at radius 2 is 2.28 bits per heavy atom. The number of aromatic nitrogens is 2. The van der Waals surface area contributed by atoms with Crippen molar-refractivity contribution in [2.75, 3.05) is 0 Å². The van der Waals surface area contributed by atoms with Crippen molar-refractivity contribution in [3.05, 3.63) is 52.3 Å². The van der Waals surface area contributed by atoms with Crippen LogP contribution >= 0.6 is 15.9 Å². The minimum Gasteiger partial charge on any atom is -0.328 e. The van der Waals surface area contributed by atoms with Crippen LogP contribution in [0.4, 0.5) is 4.39 Å². The number of ketones is 1. The summed E-state index contributed by atoms with van der Waals surface area (Å²) in [5.74, 6) is -0.391. The fraction of sp³-hybridized carbons (Fsp3) is 0.231. The predicted molar refractivity (Wildman–Crippen MR) is 70.1 cm³/mol. The summed E-state index contributed by atoms with van der Waals surface area (Å²) in [6.45, 7) is 2.74. The zero-order valence-corrected chi connectivity index (χ0v) is 11.4. The third-order valence-electron chi connectivity index (χ3n) is 2.58. The fourth-order valence-electron chi connectivity index (χ4n) is 1.74. The van der Waals surface area contributed by atoms with Gasteiger partial charge in [-0.3, -0.25) is 4.79 Å². The van der Waals surface area contributed by atoms with Gasteiger partial charge >= 0.3 is 0 Å². The van der Waals surface area contributed by atoms with E-state index in [1.165, 1.54) is 12.1 Å². The molecule has 0 saturated carbocycles. The Hall–Kier alpha value is -1.49. The van der Waals surface area contributed by atoms with Crippen molar-refractivity contribution in [1.29, 1.82) is 0 Å². The van der Waals surface area contributed by atoms with E-state index >= 15 is 0 Å². The molecule has 2 aromatic rings. The molecule has 0 atom stereocenters. The summed E-state index contributed by atoms with van der Waals surface area (Å²) in [6.07, 6.45) is 4.24. The molecule has 1 aromatic heterocycles. The number of carbonyl (C=O) groups excluding carboxylic acids is 1. The van der Waals surface area contributed by atoms with Gasteiger partial charge in [-0.05, 0) is 34.5 Å². The highest BCUT2D eigenvalue weighted by Gasteiger charge is 2.19. The molecule has 2 rings (SSSR count). The second kappa shape index (κ2) is 5.44. The molecule has 0 fully saturated rings. The Morgan fingerprint density at radius 1 is 1.50 bits per heavy atom. The number of hydrogen-bond acceptors (Lipinski definition) is 2. The van der Waals surface area contributed by atoms with Gasteiger partial charge in [-0.1, -0.05) is 13.0 Å². The number of carbonyl (C=O) groups is 1. The molecule has 18 heavy (non-hydrogen) atoms. The van der Waals surface area contributed by atoms with Crippen LogP contribution in [0.15, 0.2) is 35.1 Å². The topological polar surface area (TPSA) is 34.9 Å². The Morgan fingerprint density at radius 3 is 3.00 bits per heavy atom. The van der Waals surface area contributed by atoms with E-state index in [9.17, 15) is 9.18 Å². The summed E-state index contributed by atoms with van der Waals surface area (Å²) in [5, 5.41) is 0. The predicted octanol–water partition coefficient (Wildman–Crippen LogP) is 3.43. The molecule has 5 heteroatoms. The van der Waals surface area contributed by atoms with E-state index in [2.05, 4.69) is 20.9 Å². The lowest BCUT2D eigenvalue weighted by molar-refractivity contribution is 0.102. The van der Waals surface area contributed by atoms with Gasteiger partial charge in [-0.15, -0.1) is 0 Å². The molecular weight excluding hydrogens is 299 g/mol. The maximum Gasteiger partial charge on any atom is 0.229 e. The number of nitrogens with zero attached hydrogens (tertiary/aromatic N) is 2. The molecule has 0 saturated heterocycles. The van der Waals surface area contributed by atoms with Crippen molar-refractivity contribution in [3.63, 3.8) is 0 Å². The molecule has 0 bridgehead atoms. The standard InChI is InChI=1S/C13H12BrFN2O/c1-2-7-17-8-6-16-13(17)12(18)9-4-3-5-10(15)11(9)14/h3-6,8H,2,7H2,1H3. The summed E-state index contributed by atoms with van der Waals surface area (Å²) >= 11 is 3.10. The van der Waals surface area contributed by atoms with Crippen molar-refractivity contribution < 1.29 is 9.18 Å². The highest BCUT2D eigenvalue weighted by atomic mass is 79.9. The first-order valence-electron chi connectivity index (χ1n) is 5.65. The zero-order chi connectivity index (χ0) is 13.1. The van der Waals surface area contributed by atoms with Gasteiger partial charge in [-0.25, -0.2) is 9.37 Å². The smallest absolute Gasteiger partial charge is 0.229 e. The Kier molecular flexibility index (Phi) is 3.91. The van der Waals surface area contributed by atoms with E-state index in [0.29, 0.717) is 17.9 Å². The molecule has 0 amide bonds. The van der Waals surface area contributed by atoms with E-state index in [4.69, 9.17) is 0 Å². The average Bonchev–Trinajstić information content (AvgIpc) is 2.80. The first-order chi connectivity index (χ1) is 8.65. The van der Waals surface area contributed by atoms with Gasteiger partial charge in [-0.2, -0.15) is 0 Å². The number of benzene rings is 1. The average molecular weight is 311 g/mol. The number of rotatable bonds is 4. The molecular formula is C13H12BrFN2O. The number of halogens is 2. The highest BCUT2D eigenvalue weighted by Crippen LogP contribution is 2.22. The summed E-state index contributed by atoms with van der Waals surface area (Å²) in [4.78, 5) is 16.3. The van der Waals surface area contributed by atoms with E-state index in [-0.39, 0.29) is 10.3 Å². The molecule has 1 aromatic carbocycles. The van der Waals surface area contributed by atoms with Crippen LogP contribution in [0.25, 0.3) is 0 Å². The monoisotopic (exact) mass is 310 g/mol. The number of imidazole rings is 1. The third kappa shape index (κ3) is 2.36. The van der Waals surface area contributed by atoms with Crippen molar-refractivity contribution in [2.24, 2.45) is 0 Å². The highest BCUT2D eigenvalue weighted by molar-refractivity contribution is 9.10. The Bertz CT molecular complexity index is 580. The van der Waals surface area contributed by atoms with Crippen LogP contribution in [-0.4, -0.2) is 15.3 Å². The first-order valence-corrected chi connectivity index (χ1v) is 6.44. The normalized spacial score (nSPS) is 10.6. The molecule has 0 N–H and O–H groups in total. The summed E-state index contributed by atoms with van der Waals surface area (Å²) in [5.41, 5.74) is 0.290. The largest absolute Gasteiger partial charge is 0.328 e. The van der Waals surface area contributed by atoms with Gasteiger partial charge in [0.1, 0.15) is 5.82 Å². The van der Waals surface area contributed by atoms with E-state index in [1.807, 2.05) is 6.92 Å². The van der Waals surface area contributed by atoms with Gasteiger partial charge < -0.3 is 4.57 Å². The molecule has 0 aliphatic heterocycles. The molecule has 94 valence electrons. The SMILES string of the molecule is CCCn1ccnc1C(=O)c1cccc(F)c1Br. The molecule has 0 radical (unpaired) electrons. The maximum absolute atomic E-state index is 13.4. The number of hydrogen-bond donors (Lipinski definition) is 0. The molecule has 0 aliphatic carbocycles. The second-order valence-corrected chi connectivity index (χ2v) is 4.67. The Balaban J connectivity index is 2.42. The van der Waals surface area contributed by atoms with Crippen LogP contribution in [0, 0.1) is 5.82 Å². The number of aryl methyl sites for hydroxylation is 1. The molecule has 0 spiro atoms. The summed E-state index contributed by atoms with van der Waals surface area (Å²) in [7, 11) is 0. The quantitative estimate of drug-likeness (QED) is 0.811. The van der Waals surface area contributed by atoms with E-state index in [1.54, 1.807) is 23.0 Å². The van der Waals surface area contributed by atoms with Crippen LogP contribution in [0.1, 0.15) is 29.5 Å². The zero-order valence-electron chi connectivity index (χ0n) is 9.86. The van der Waals surface area contributed by atoms with Crippen LogP contribution < -0.4 is 0 Å². The lowest BCUT2D eigenvalue weighted by Gasteiger charge is -2.07. The van der Waals surface area contributed by atoms with Crippen LogP contribution in [0.5, 0.6) is 0 Å². The Labute approximate surface area is 113 Å². The van der Waals surface area contributed by atoms with E-state index < -0.39 is 5.82 Å². The van der Waals surface area contributed by atoms with Crippen molar-refractivity contribution >= 4 is 21.7 Å². The molecule has 3 nitrogen and oxygen atoms in total. The van der Waals surface area contributed by atoms with Gasteiger partial charge in [0.2, 0.25) is 5.78 Å². The minimum atomic E-state index is -0.450. The summed E-state index contributed by atoms with van der Waals surface area (Å²) in [6, 6.07) is 4.40. The van der Waals surface area contributed by atoms with Gasteiger partial charge in [0.15, 0.2) is 5.82 Å². The minimum absolute atomic E-state index is 0.182.